The second-order valence-corrected chi connectivity index (χ2v) is 10.2. The Morgan fingerprint density at radius 1 is 0.622 bits per heavy atom. The molecule has 2 aliphatic carbocycles. The lowest BCUT2D eigenvalue weighted by atomic mass is 9.63. The van der Waals surface area contributed by atoms with Crippen LogP contribution in [0.4, 0.5) is 0 Å². The Bertz CT molecular complexity index is 1560. The van der Waals surface area contributed by atoms with Gasteiger partial charge in [-0.1, -0.05) is 128 Å². The highest BCUT2D eigenvalue weighted by Gasteiger charge is 2.57. The van der Waals surface area contributed by atoms with Crippen molar-refractivity contribution in [2.24, 2.45) is 11.8 Å². The van der Waals surface area contributed by atoms with Gasteiger partial charge in [-0.3, -0.25) is 9.59 Å². The van der Waals surface area contributed by atoms with Gasteiger partial charge in [0.05, 0.1) is 11.3 Å². The smallest absolute Gasteiger partial charge is 0.175 e. The van der Waals surface area contributed by atoms with E-state index in [9.17, 15) is 9.59 Å². The lowest BCUT2D eigenvalue weighted by Crippen LogP contribution is -2.43. The normalized spacial score (nSPS) is 24.5. The van der Waals surface area contributed by atoms with Crippen LogP contribution in [0.25, 0.3) is 16.7 Å². The molecular formula is C35H28O2. The molecular weight excluding hydrogens is 452 g/mol. The van der Waals surface area contributed by atoms with Crippen LogP contribution >= 0.6 is 0 Å². The standard InChI is InChI=1S/C35H28O2/c1-23-22-28(24-14-6-3-7-15-24)27-20-12-13-21-29(27)35(2)32(33(23)36)30(25-16-8-4-9-17-25)31(34(35)37)26-18-10-5-11-19-26/h3-23,32H,1-2H3/b28-22-/t23-,32+,35-/m0/s1. The van der Waals surface area contributed by atoms with Crippen LogP contribution in [0.3, 0.4) is 0 Å². The predicted octanol–water partition coefficient (Wildman–Crippen LogP) is 7.40. The van der Waals surface area contributed by atoms with E-state index in [1.54, 1.807) is 0 Å². The minimum absolute atomic E-state index is 0.00450. The number of fused-ring (bicyclic) bond motifs is 3. The summed E-state index contributed by atoms with van der Waals surface area (Å²) in [5, 5.41) is 0. The topological polar surface area (TPSA) is 34.1 Å². The zero-order valence-corrected chi connectivity index (χ0v) is 21.0. The number of Topliss-reactive ketones (excluding diaryl/α,β-unsaturated/α-hetero) is 2. The first-order chi connectivity index (χ1) is 18.0. The van der Waals surface area contributed by atoms with Gasteiger partial charge in [0, 0.05) is 11.5 Å². The first-order valence-electron chi connectivity index (χ1n) is 12.8. The van der Waals surface area contributed by atoms with Crippen molar-refractivity contribution < 1.29 is 9.59 Å². The molecule has 0 bridgehead atoms. The molecule has 0 saturated carbocycles. The van der Waals surface area contributed by atoms with Crippen molar-refractivity contribution >= 4 is 28.3 Å². The summed E-state index contributed by atoms with van der Waals surface area (Å²) in [5.41, 5.74) is 6.19. The maximum absolute atomic E-state index is 14.7. The third kappa shape index (κ3) is 3.55. The van der Waals surface area contributed by atoms with Crippen molar-refractivity contribution in [3.63, 3.8) is 0 Å². The SMILES string of the molecule is C[C@H]1/C=C(/c2ccccc2)c2ccccc2[C@]2(C)C(=O)C(c3ccccc3)=C(c3ccccc3)[C@@H]2C1=O. The van der Waals surface area contributed by atoms with Crippen molar-refractivity contribution in [1.82, 2.24) is 0 Å². The van der Waals surface area contributed by atoms with Crippen LogP contribution in [0.15, 0.2) is 121 Å². The third-order valence-corrected chi connectivity index (χ3v) is 7.99. The lowest BCUT2D eigenvalue weighted by Gasteiger charge is -2.36. The van der Waals surface area contributed by atoms with E-state index in [4.69, 9.17) is 0 Å². The first-order valence-corrected chi connectivity index (χ1v) is 12.8. The van der Waals surface area contributed by atoms with Crippen LogP contribution in [0, 0.1) is 11.8 Å². The van der Waals surface area contributed by atoms with Crippen molar-refractivity contribution in [3.8, 4) is 0 Å². The van der Waals surface area contributed by atoms with E-state index in [0.29, 0.717) is 5.57 Å². The Labute approximate surface area is 218 Å². The minimum Gasteiger partial charge on any atom is -0.298 e. The number of carbonyl (C=O) groups is 2. The lowest BCUT2D eigenvalue weighted by molar-refractivity contribution is -0.129. The Balaban J connectivity index is 1.68. The fourth-order valence-corrected chi connectivity index (χ4v) is 6.20. The summed E-state index contributed by atoms with van der Waals surface area (Å²) in [6.45, 7) is 3.95. The average Bonchev–Trinajstić information content (AvgIpc) is 3.19. The van der Waals surface area contributed by atoms with Crippen LogP contribution < -0.4 is 0 Å². The second kappa shape index (κ2) is 8.97. The molecule has 0 aromatic heterocycles. The molecule has 0 fully saturated rings. The summed E-state index contributed by atoms with van der Waals surface area (Å²) in [6, 6.07) is 38.1. The van der Waals surface area contributed by atoms with Gasteiger partial charge in [0.2, 0.25) is 0 Å². The van der Waals surface area contributed by atoms with E-state index in [1.165, 1.54) is 0 Å². The fourth-order valence-electron chi connectivity index (χ4n) is 6.20. The Morgan fingerprint density at radius 3 is 1.76 bits per heavy atom. The van der Waals surface area contributed by atoms with E-state index < -0.39 is 11.3 Å². The summed E-state index contributed by atoms with van der Waals surface area (Å²) >= 11 is 0. The predicted molar refractivity (Wildman–Crippen MR) is 150 cm³/mol. The Hall–Kier alpha value is -4.30. The molecule has 0 saturated heterocycles. The molecule has 2 heteroatoms. The van der Waals surface area contributed by atoms with Crippen molar-refractivity contribution in [2.45, 2.75) is 19.3 Å². The molecule has 0 aliphatic heterocycles. The molecule has 37 heavy (non-hydrogen) atoms. The molecule has 6 rings (SSSR count). The highest BCUT2D eigenvalue weighted by atomic mass is 16.1. The monoisotopic (exact) mass is 480 g/mol. The minimum atomic E-state index is -1.04. The number of hydrogen-bond donors (Lipinski definition) is 0. The molecule has 0 unspecified atom stereocenters. The van der Waals surface area contributed by atoms with E-state index in [1.807, 2.05) is 111 Å². The van der Waals surface area contributed by atoms with Crippen molar-refractivity contribution in [3.05, 3.63) is 149 Å². The third-order valence-electron chi connectivity index (χ3n) is 7.99. The summed E-state index contributed by atoms with van der Waals surface area (Å²) in [4.78, 5) is 29.2. The number of benzene rings is 4. The Kier molecular flexibility index (Phi) is 5.61. The van der Waals surface area contributed by atoms with Gasteiger partial charge in [0.25, 0.3) is 0 Å². The van der Waals surface area contributed by atoms with Crippen molar-refractivity contribution in [1.29, 1.82) is 0 Å². The van der Waals surface area contributed by atoms with Gasteiger partial charge in [-0.25, -0.2) is 0 Å². The molecule has 3 atom stereocenters. The largest absolute Gasteiger partial charge is 0.298 e. The van der Waals surface area contributed by atoms with Gasteiger partial charge >= 0.3 is 0 Å². The molecule has 0 radical (unpaired) electrons. The molecule has 0 spiro atoms. The van der Waals surface area contributed by atoms with Gasteiger partial charge in [0.15, 0.2) is 5.78 Å². The number of hydrogen-bond acceptors (Lipinski definition) is 2. The zero-order chi connectivity index (χ0) is 25.6. The van der Waals surface area contributed by atoms with E-state index >= 15 is 0 Å². The van der Waals surface area contributed by atoms with E-state index in [-0.39, 0.29) is 17.5 Å². The molecule has 0 N–H and O–H groups in total. The van der Waals surface area contributed by atoms with Crippen LogP contribution in [0.1, 0.15) is 41.7 Å². The van der Waals surface area contributed by atoms with Crippen LogP contribution in [0.5, 0.6) is 0 Å². The van der Waals surface area contributed by atoms with E-state index in [0.717, 1.165) is 39.0 Å². The maximum Gasteiger partial charge on any atom is 0.175 e. The highest BCUT2D eigenvalue weighted by molar-refractivity contribution is 6.38. The number of rotatable bonds is 3. The van der Waals surface area contributed by atoms with Crippen molar-refractivity contribution in [2.75, 3.05) is 0 Å². The van der Waals surface area contributed by atoms with Crippen LogP contribution in [0.2, 0.25) is 0 Å². The second-order valence-electron chi connectivity index (χ2n) is 10.2. The Morgan fingerprint density at radius 2 is 1.14 bits per heavy atom. The average molecular weight is 481 g/mol. The molecule has 2 aliphatic rings. The van der Waals surface area contributed by atoms with Gasteiger partial charge in [0.1, 0.15) is 5.78 Å². The quantitative estimate of drug-likeness (QED) is 0.306. The van der Waals surface area contributed by atoms with Gasteiger partial charge < -0.3 is 0 Å². The molecule has 4 aromatic carbocycles. The summed E-state index contributed by atoms with van der Waals surface area (Å²) in [5.74, 6) is -0.884. The van der Waals surface area contributed by atoms with E-state index in [2.05, 4.69) is 24.3 Å². The van der Waals surface area contributed by atoms with Gasteiger partial charge in [-0.05, 0) is 45.9 Å². The summed E-state index contributed by atoms with van der Waals surface area (Å²) in [6.07, 6.45) is 2.09. The summed E-state index contributed by atoms with van der Waals surface area (Å²) < 4.78 is 0. The summed E-state index contributed by atoms with van der Waals surface area (Å²) in [7, 11) is 0. The zero-order valence-electron chi connectivity index (χ0n) is 21.0. The van der Waals surface area contributed by atoms with Crippen LogP contribution in [-0.4, -0.2) is 11.6 Å². The first kappa shape index (κ1) is 23.1. The molecule has 4 aromatic rings. The molecule has 2 nitrogen and oxygen atoms in total. The number of allylic oxidation sites excluding steroid dienone is 3. The van der Waals surface area contributed by atoms with Gasteiger partial charge in [-0.15, -0.1) is 0 Å². The molecule has 0 amide bonds. The fraction of sp³-hybridized carbons (Fsp3) is 0.143. The number of carbonyl (C=O) groups excluding carboxylic acids is 2. The maximum atomic E-state index is 14.7. The number of ketones is 2. The van der Waals surface area contributed by atoms with Crippen LogP contribution in [-0.2, 0) is 15.0 Å². The highest BCUT2D eigenvalue weighted by Crippen LogP contribution is 2.56. The molecule has 180 valence electrons. The molecule has 0 heterocycles. The van der Waals surface area contributed by atoms with Gasteiger partial charge in [-0.2, -0.15) is 0 Å².